The molecule has 1 atom stereocenters. The van der Waals surface area contributed by atoms with Crippen molar-refractivity contribution >= 4 is 29.9 Å². The zero-order valence-electron chi connectivity index (χ0n) is 16.9. The first-order valence-corrected chi connectivity index (χ1v) is 9.38. The van der Waals surface area contributed by atoms with Gasteiger partial charge in [-0.1, -0.05) is 27.7 Å². The maximum absolute atomic E-state index is 4.54. The minimum atomic E-state index is 0. The van der Waals surface area contributed by atoms with Gasteiger partial charge in [-0.3, -0.25) is 4.99 Å². The van der Waals surface area contributed by atoms with Crippen molar-refractivity contribution in [3.63, 3.8) is 0 Å². The molecule has 2 heterocycles. The van der Waals surface area contributed by atoms with Crippen LogP contribution in [0.25, 0.3) is 0 Å². The second kappa shape index (κ2) is 8.56. The summed E-state index contributed by atoms with van der Waals surface area (Å²) in [5.74, 6) is 2.59. The summed E-state index contributed by atoms with van der Waals surface area (Å²) in [5, 5.41) is 3.66. The fourth-order valence-electron chi connectivity index (χ4n) is 3.93. The zero-order valence-corrected chi connectivity index (χ0v) is 19.2. The number of rotatable bonds is 4. The van der Waals surface area contributed by atoms with Gasteiger partial charge >= 0.3 is 0 Å². The molecule has 0 bridgehead atoms. The molecule has 0 spiro atoms. The minimum absolute atomic E-state index is 0. The number of guanidine groups is 1. The van der Waals surface area contributed by atoms with Crippen molar-refractivity contribution in [1.82, 2.24) is 15.1 Å². The Bertz CT molecular complexity index is 431. The van der Waals surface area contributed by atoms with Crippen LogP contribution >= 0.6 is 24.0 Å². The van der Waals surface area contributed by atoms with Crippen LogP contribution in [0, 0.1) is 17.3 Å². The molecule has 0 radical (unpaired) electrons. The Morgan fingerprint density at radius 3 is 2.42 bits per heavy atom. The number of piperidine rings is 1. The predicted molar refractivity (Wildman–Crippen MR) is 115 cm³/mol. The maximum atomic E-state index is 4.54. The predicted octanol–water partition coefficient (Wildman–Crippen LogP) is 3.67. The molecule has 5 heteroatoms. The minimum Gasteiger partial charge on any atom is -0.356 e. The lowest BCUT2D eigenvalue weighted by Crippen LogP contribution is -2.72. The summed E-state index contributed by atoms with van der Waals surface area (Å²) in [7, 11) is 1.91. The molecule has 142 valence electrons. The fraction of sp³-hybridized carbons (Fsp3) is 0.947. The normalized spacial score (nSPS) is 26.8. The molecule has 0 amide bonds. The summed E-state index contributed by atoms with van der Waals surface area (Å²) in [4.78, 5) is 9.61. The molecule has 0 saturated carbocycles. The van der Waals surface area contributed by atoms with Gasteiger partial charge in [0, 0.05) is 44.2 Å². The Morgan fingerprint density at radius 2 is 1.92 bits per heavy atom. The van der Waals surface area contributed by atoms with Crippen molar-refractivity contribution in [1.29, 1.82) is 0 Å². The lowest BCUT2D eigenvalue weighted by molar-refractivity contribution is -0.0669. The molecular formula is C19H39IN4. The lowest BCUT2D eigenvalue weighted by atomic mass is 9.65. The fourth-order valence-corrected chi connectivity index (χ4v) is 3.93. The molecule has 2 aliphatic heterocycles. The van der Waals surface area contributed by atoms with Crippen molar-refractivity contribution in [2.45, 2.75) is 59.9 Å². The van der Waals surface area contributed by atoms with E-state index in [1.54, 1.807) is 0 Å². The highest BCUT2D eigenvalue weighted by Crippen LogP contribution is 2.46. The van der Waals surface area contributed by atoms with E-state index in [0.29, 0.717) is 5.41 Å². The van der Waals surface area contributed by atoms with E-state index in [2.05, 4.69) is 61.7 Å². The lowest BCUT2D eigenvalue weighted by Gasteiger charge is -2.62. The molecule has 2 saturated heterocycles. The van der Waals surface area contributed by atoms with Crippen LogP contribution in [0.2, 0.25) is 0 Å². The Hall–Kier alpha value is -0.0400. The monoisotopic (exact) mass is 450 g/mol. The topological polar surface area (TPSA) is 30.9 Å². The Kier molecular flexibility index (Phi) is 7.85. The molecule has 4 nitrogen and oxygen atoms in total. The van der Waals surface area contributed by atoms with Gasteiger partial charge in [-0.2, -0.15) is 0 Å². The van der Waals surface area contributed by atoms with Crippen molar-refractivity contribution in [3.8, 4) is 0 Å². The Morgan fingerprint density at radius 1 is 1.25 bits per heavy atom. The highest BCUT2D eigenvalue weighted by molar-refractivity contribution is 14.0. The number of likely N-dealkylation sites (tertiary alicyclic amines) is 2. The van der Waals surface area contributed by atoms with E-state index in [1.807, 2.05) is 7.05 Å². The number of aliphatic imine (C=N–C) groups is 1. The Balaban J connectivity index is 0.00000288. The third kappa shape index (κ3) is 4.77. The molecule has 0 aromatic carbocycles. The van der Waals surface area contributed by atoms with Gasteiger partial charge in [-0.15, -0.1) is 24.0 Å². The quantitative estimate of drug-likeness (QED) is 0.403. The van der Waals surface area contributed by atoms with Gasteiger partial charge in [0.1, 0.15) is 0 Å². The Labute approximate surface area is 166 Å². The summed E-state index contributed by atoms with van der Waals surface area (Å²) in [6.07, 6.45) is 2.67. The third-order valence-electron chi connectivity index (χ3n) is 6.13. The SMILES string of the molecule is CN=C(NCC1CCCN(CC(C)C)C1)N1CC(C)(C)C1(C)C.I. The maximum Gasteiger partial charge on any atom is 0.194 e. The summed E-state index contributed by atoms with van der Waals surface area (Å²) in [6.45, 7) is 19.9. The van der Waals surface area contributed by atoms with E-state index in [9.17, 15) is 0 Å². The second-order valence-corrected chi connectivity index (χ2v) is 9.12. The summed E-state index contributed by atoms with van der Waals surface area (Å²) < 4.78 is 0. The van der Waals surface area contributed by atoms with E-state index in [1.165, 1.54) is 32.5 Å². The smallest absolute Gasteiger partial charge is 0.194 e. The van der Waals surface area contributed by atoms with E-state index >= 15 is 0 Å². The van der Waals surface area contributed by atoms with Crippen molar-refractivity contribution in [3.05, 3.63) is 0 Å². The molecule has 0 aliphatic carbocycles. The van der Waals surface area contributed by atoms with E-state index in [4.69, 9.17) is 0 Å². The summed E-state index contributed by atoms with van der Waals surface area (Å²) in [6, 6.07) is 0. The van der Waals surface area contributed by atoms with Crippen LogP contribution in [0.5, 0.6) is 0 Å². The molecular weight excluding hydrogens is 411 g/mol. The van der Waals surface area contributed by atoms with Gasteiger partial charge in [0.25, 0.3) is 0 Å². The zero-order chi connectivity index (χ0) is 17.3. The van der Waals surface area contributed by atoms with Gasteiger partial charge in [-0.25, -0.2) is 0 Å². The first-order valence-electron chi connectivity index (χ1n) is 9.38. The van der Waals surface area contributed by atoms with Crippen LogP contribution in [0.3, 0.4) is 0 Å². The van der Waals surface area contributed by atoms with Crippen molar-refractivity contribution in [2.24, 2.45) is 22.2 Å². The van der Waals surface area contributed by atoms with E-state index in [0.717, 1.165) is 30.9 Å². The largest absolute Gasteiger partial charge is 0.356 e. The number of nitrogens with zero attached hydrogens (tertiary/aromatic N) is 3. The highest BCUT2D eigenvalue weighted by atomic mass is 127. The standard InChI is InChI=1S/C19H38N4.HI/c1-15(2)12-22-10-8-9-16(13-22)11-21-17(20-7)23-14-18(3,4)19(23,5)6;/h15-16H,8-14H2,1-7H3,(H,20,21);1H. The van der Waals surface area contributed by atoms with Gasteiger partial charge < -0.3 is 15.1 Å². The van der Waals surface area contributed by atoms with Crippen LogP contribution in [0.1, 0.15) is 54.4 Å². The molecule has 2 rings (SSSR count). The molecule has 24 heavy (non-hydrogen) atoms. The van der Waals surface area contributed by atoms with Crippen molar-refractivity contribution in [2.75, 3.05) is 39.8 Å². The molecule has 1 N–H and O–H groups in total. The van der Waals surface area contributed by atoms with Gasteiger partial charge in [0.05, 0.1) is 0 Å². The average Bonchev–Trinajstić information content (AvgIpc) is 2.46. The highest BCUT2D eigenvalue weighted by Gasteiger charge is 2.53. The van der Waals surface area contributed by atoms with Crippen LogP contribution < -0.4 is 5.32 Å². The summed E-state index contributed by atoms with van der Waals surface area (Å²) in [5.41, 5.74) is 0.522. The van der Waals surface area contributed by atoms with Crippen molar-refractivity contribution < 1.29 is 0 Å². The number of nitrogens with one attached hydrogen (secondary N) is 1. The van der Waals surface area contributed by atoms with Gasteiger partial charge in [-0.05, 0) is 45.1 Å². The molecule has 0 aromatic heterocycles. The third-order valence-corrected chi connectivity index (χ3v) is 6.13. The number of halogens is 1. The molecule has 0 aromatic rings. The first-order chi connectivity index (χ1) is 10.7. The molecule has 1 unspecified atom stereocenters. The van der Waals surface area contributed by atoms with Crippen LogP contribution in [-0.2, 0) is 0 Å². The first kappa shape index (κ1) is 22.0. The molecule has 2 fully saturated rings. The number of hydrogen-bond donors (Lipinski definition) is 1. The second-order valence-electron chi connectivity index (χ2n) is 9.12. The van der Waals surface area contributed by atoms with Crippen LogP contribution in [0.4, 0.5) is 0 Å². The van der Waals surface area contributed by atoms with E-state index < -0.39 is 0 Å². The van der Waals surface area contributed by atoms with Crippen LogP contribution in [-0.4, -0.2) is 61.1 Å². The van der Waals surface area contributed by atoms with Gasteiger partial charge in [0.15, 0.2) is 5.96 Å². The average molecular weight is 450 g/mol. The summed E-state index contributed by atoms with van der Waals surface area (Å²) >= 11 is 0. The molecule has 2 aliphatic rings. The van der Waals surface area contributed by atoms with Gasteiger partial charge in [0.2, 0.25) is 0 Å². The van der Waals surface area contributed by atoms with Crippen LogP contribution in [0.15, 0.2) is 4.99 Å². The van der Waals surface area contributed by atoms with E-state index in [-0.39, 0.29) is 29.5 Å². The number of hydrogen-bond acceptors (Lipinski definition) is 2.